The molecule has 0 radical (unpaired) electrons. The van der Waals surface area contributed by atoms with Crippen LogP contribution in [0.15, 0.2) is 0 Å². The molecule has 0 aromatic carbocycles. The molecule has 108 valence electrons. The van der Waals surface area contributed by atoms with Gasteiger partial charge in [0, 0.05) is 12.5 Å². The fraction of sp³-hybridized carbons (Fsp3) is 0.769. The smallest absolute Gasteiger partial charge is 0.234 e. The van der Waals surface area contributed by atoms with Gasteiger partial charge in [-0.3, -0.25) is 0 Å². The lowest BCUT2D eigenvalue weighted by atomic mass is 10.1. The van der Waals surface area contributed by atoms with Gasteiger partial charge >= 0.3 is 0 Å². The van der Waals surface area contributed by atoms with Gasteiger partial charge < -0.3 is 10.5 Å². The number of aromatic nitrogens is 4. The summed E-state index contributed by atoms with van der Waals surface area (Å²) in [6.07, 6.45) is 7.31. The van der Waals surface area contributed by atoms with Crippen LogP contribution < -0.4 is 5.73 Å². The number of fused-ring (bicyclic) bond motifs is 1. The Hall–Kier alpha value is -1.05. The van der Waals surface area contributed by atoms with E-state index in [-0.39, 0.29) is 12.2 Å². The van der Waals surface area contributed by atoms with Crippen LogP contribution in [0, 0.1) is 0 Å². The minimum atomic E-state index is 0.0895. The highest BCUT2D eigenvalue weighted by Crippen LogP contribution is 2.37. The summed E-state index contributed by atoms with van der Waals surface area (Å²) >= 11 is 1.60. The molecule has 1 aliphatic carbocycles. The molecule has 4 rings (SSSR count). The quantitative estimate of drug-likeness (QED) is 0.936. The van der Waals surface area contributed by atoms with E-state index in [0.717, 1.165) is 28.6 Å². The molecule has 3 heterocycles. The number of hydrogen-bond donors (Lipinski definition) is 1. The van der Waals surface area contributed by atoms with Crippen LogP contribution in [-0.4, -0.2) is 32.5 Å². The van der Waals surface area contributed by atoms with E-state index in [2.05, 4.69) is 10.2 Å². The number of rotatable bonds is 3. The predicted octanol–water partition coefficient (Wildman–Crippen LogP) is 2.02. The summed E-state index contributed by atoms with van der Waals surface area (Å²) in [4.78, 5) is 0.890. The van der Waals surface area contributed by atoms with Crippen LogP contribution in [0.25, 0.3) is 4.96 Å². The second-order valence-electron chi connectivity index (χ2n) is 5.73. The van der Waals surface area contributed by atoms with Gasteiger partial charge in [0.2, 0.25) is 4.96 Å². The zero-order chi connectivity index (χ0) is 13.5. The summed E-state index contributed by atoms with van der Waals surface area (Å²) in [5, 5.41) is 14.4. The predicted molar refractivity (Wildman–Crippen MR) is 75.8 cm³/mol. The molecule has 0 bridgehead atoms. The summed E-state index contributed by atoms with van der Waals surface area (Å²) in [7, 11) is 0. The third kappa shape index (κ3) is 2.04. The monoisotopic (exact) mass is 293 g/mol. The van der Waals surface area contributed by atoms with Crippen molar-refractivity contribution in [2.24, 2.45) is 5.73 Å². The molecule has 6 nitrogen and oxygen atoms in total. The van der Waals surface area contributed by atoms with Gasteiger partial charge in [-0.15, -0.1) is 10.2 Å². The fourth-order valence-corrected chi connectivity index (χ4v) is 4.19. The summed E-state index contributed by atoms with van der Waals surface area (Å²) < 4.78 is 7.86. The molecule has 1 aliphatic heterocycles. The zero-order valence-corrected chi connectivity index (χ0v) is 12.2. The first-order valence-corrected chi connectivity index (χ1v) is 8.24. The number of nitrogens with zero attached hydrogens (tertiary/aromatic N) is 4. The van der Waals surface area contributed by atoms with Crippen molar-refractivity contribution in [2.75, 3.05) is 6.54 Å². The second-order valence-corrected chi connectivity index (χ2v) is 6.72. The average Bonchev–Trinajstić information content (AvgIpc) is 3.20. The van der Waals surface area contributed by atoms with Gasteiger partial charge in [0.1, 0.15) is 11.1 Å². The Morgan fingerprint density at radius 1 is 1.20 bits per heavy atom. The summed E-state index contributed by atoms with van der Waals surface area (Å²) in [5.41, 5.74) is 5.67. The Labute approximate surface area is 121 Å². The third-order valence-electron chi connectivity index (χ3n) is 4.40. The van der Waals surface area contributed by atoms with Gasteiger partial charge in [0.15, 0.2) is 5.82 Å². The molecule has 0 amide bonds. The normalized spacial score (nSPS) is 27.9. The van der Waals surface area contributed by atoms with Gasteiger partial charge in [0.25, 0.3) is 0 Å². The SMILES string of the molecule is NCC1CCC(c2nn3c(C4CCCC4)nnc3s2)O1. The lowest BCUT2D eigenvalue weighted by Gasteiger charge is -2.08. The molecule has 2 fully saturated rings. The Morgan fingerprint density at radius 2 is 2.05 bits per heavy atom. The minimum absolute atomic E-state index is 0.0895. The van der Waals surface area contributed by atoms with Crippen LogP contribution in [0.1, 0.15) is 61.4 Å². The van der Waals surface area contributed by atoms with Crippen LogP contribution in [0.2, 0.25) is 0 Å². The van der Waals surface area contributed by atoms with Crippen molar-refractivity contribution in [3.05, 3.63) is 10.8 Å². The van der Waals surface area contributed by atoms with Gasteiger partial charge in [0.05, 0.1) is 6.10 Å². The first kappa shape index (κ1) is 12.7. The lowest BCUT2D eigenvalue weighted by molar-refractivity contribution is 0.0492. The average molecular weight is 293 g/mol. The summed E-state index contributed by atoms with van der Waals surface area (Å²) in [5.74, 6) is 1.56. The maximum atomic E-state index is 5.92. The van der Waals surface area contributed by atoms with Crippen molar-refractivity contribution < 1.29 is 4.74 Å². The Bertz CT molecular complexity index is 603. The molecule has 1 saturated heterocycles. The molecule has 2 aliphatic rings. The molecule has 7 heteroatoms. The van der Waals surface area contributed by atoms with Crippen LogP contribution in [0.5, 0.6) is 0 Å². The minimum Gasteiger partial charge on any atom is -0.366 e. The largest absolute Gasteiger partial charge is 0.366 e. The van der Waals surface area contributed by atoms with E-state index in [9.17, 15) is 0 Å². The van der Waals surface area contributed by atoms with Crippen molar-refractivity contribution in [1.82, 2.24) is 19.8 Å². The zero-order valence-electron chi connectivity index (χ0n) is 11.4. The molecular weight excluding hydrogens is 274 g/mol. The molecule has 2 N–H and O–H groups in total. The van der Waals surface area contributed by atoms with Gasteiger partial charge in [-0.1, -0.05) is 24.2 Å². The lowest BCUT2D eigenvalue weighted by Crippen LogP contribution is -2.18. The summed E-state index contributed by atoms with van der Waals surface area (Å²) in [6, 6.07) is 0. The highest BCUT2D eigenvalue weighted by molar-refractivity contribution is 7.16. The molecule has 20 heavy (non-hydrogen) atoms. The maximum absolute atomic E-state index is 5.92. The van der Waals surface area contributed by atoms with E-state index < -0.39 is 0 Å². The van der Waals surface area contributed by atoms with Crippen molar-refractivity contribution >= 4 is 16.3 Å². The first-order chi connectivity index (χ1) is 9.85. The van der Waals surface area contributed by atoms with Crippen LogP contribution in [-0.2, 0) is 4.74 Å². The Kier molecular flexibility index (Phi) is 3.20. The highest BCUT2D eigenvalue weighted by Gasteiger charge is 2.30. The molecule has 0 spiro atoms. The standard InChI is InChI=1S/C13H19N5OS/c14-7-9-5-6-10(19-9)12-17-18-11(8-3-1-2-4-8)15-16-13(18)20-12/h8-10H,1-7,14H2. The van der Waals surface area contributed by atoms with E-state index >= 15 is 0 Å². The Balaban J connectivity index is 1.62. The molecule has 2 aromatic heterocycles. The van der Waals surface area contributed by atoms with E-state index in [1.165, 1.54) is 25.7 Å². The van der Waals surface area contributed by atoms with E-state index in [4.69, 9.17) is 15.6 Å². The van der Waals surface area contributed by atoms with Crippen molar-refractivity contribution in [3.8, 4) is 0 Å². The molecule has 1 saturated carbocycles. The topological polar surface area (TPSA) is 78.3 Å². The maximum Gasteiger partial charge on any atom is 0.234 e. The summed E-state index contributed by atoms with van der Waals surface area (Å²) in [6.45, 7) is 0.591. The first-order valence-electron chi connectivity index (χ1n) is 7.42. The Morgan fingerprint density at radius 3 is 2.80 bits per heavy atom. The van der Waals surface area contributed by atoms with E-state index in [1.54, 1.807) is 11.3 Å². The number of nitrogens with two attached hydrogens (primary N) is 1. The number of ether oxygens (including phenoxy) is 1. The molecular formula is C13H19N5OS. The van der Waals surface area contributed by atoms with Gasteiger partial charge in [-0.2, -0.15) is 9.61 Å². The molecule has 2 unspecified atom stereocenters. The molecule has 2 aromatic rings. The fourth-order valence-electron chi connectivity index (χ4n) is 3.28. The van der Waals surface area contributed by atoms with Gasteiger partial charge in [-0.05, 0) is 25.7 Å². The third-order valence-corrected chi connectivity index (χ3v) is 5.39. The van der Waals surface area contributed by atoms with Crippen molar-refractivity contribution in [1.29, 1.82) is 0 Å². The highest BCUT2D eigenvalue weighted by atomic mass is 32.1. The van der Waals surface area contributed by atoms with E-state index in [0.29, 0.717) is 12.5 Å². The van der Waals surface area contributed by atoms with Crippen molar-refractivity contribution in [2.45, 2.75) is 56.7 Å². The van der Waals surface area contributed by atoms with Crippen LogP contribution in [0.3, 0.4) is 0 Å². The van der Waals surface area contributed by atoms with Gasteiger partial charge in [-0.25, -0.2) is 0 Å². The van der Waals surface area contributed by atoms with Crippen molar-refractivity contribution in [3.63, 3.8) is 0 Å². The van der Waals surface area contributed by atoms with Crippen LogP contribution in [0.4, 0.5) is 0 Å². The molecule has 2 atom stereocenters. The second kappa shape index (κ2) is 5.05. The van der Waals surface area contributed by atoms with E-state index in [1.807, 2.05) is 4.52 Å². The number of hydrogen-bond acceptors (Lipinski definition) is 6. The van der Waals surface area contributed by atoms with Crippen LogP contribution >= 0.6 is 11.3 Å².